The molecule has 1 N–H and O–H groups in total. The maximum Gasteiger partial charge on any atom is 0.178 e. The summed E-state index contributed by atoms with van der Waals surface area (Å²) in [5.74, 6) is 0.281. The van der Waals surface area contributed by atoms with E-state index in [0.29, 0.717) is 23.1 Å². The predicted octanol–water partition coefficient (Wildman–Crippen LogP) is 6.86. The molecule has 0 radical (unpaired) electrons. The third kappa shape index (κ3) is 6.43. The molecule has 1 heterocycles. The van der Waals surface area contributed by atoms with Crippen molar-refractivity contribution in [3.05, 3.63) is 41.5 Å². The first kappa shape index (κ1) is 27.2. The second-order valence-electron chi connectivity index (χ2n) is 11.6. The number of sulfone groups is 1. The minimum absolute atomic E-state index is 0.132. The molecule has 0 amide bonds. The minimum atomic E-state index is -3.39. The molecule has 6 nitrogen and oxygen atoms in total. The third-order valence-corrected chi connectivity index (χ3v) is 8.26. The van der Waals surface area contributed by atoms with Crippen molar-refractivity contribution in [2.45, 2.75) is 103 Å². The lowest BCUT2D eigenvalue weighted by atomic mass is 9.80. The molecule has 0 saturated carbocycles. The van der Waals surface area contributed by atoms with Gasteiger partial charge < -0.3 is 5.11 Å². The lowest BCUT2D eigenvalue weighted by Gasteiger charge is -2.27. The molecule has 35 heavy (non-hydrogen) atoms. The third-order valence-electron chi connectivity index (χ3n) is 6.46. The summed E-state index contributed by atoms with van der Waals surface area (Å²) in [4.78, 5) is 1.70. The Kier molecular flexibility index (Phi) is 7.99. The number of benzene rings is 2. The van der Waals surface area contributed by atoms with Crippen LogP contribution in [0, 0.1) is 0 Å². The summed E-state index contributed by atoms with van der Waals surface area (Å²) in [5.41, 5.74) is 3.06. The highest BCUT2D eigenvalue weighted by atomic mass is 32.2. The zero-order valence-corrected chi connectivity index (χ0v) is 23.2. The van der Waals surface area contributed by atoms with Crippen molar-refractivity contribution in [3.63, 3.8) is 0 Å². The average Bonchev–Trinajstić information content (AvgIpc) is 3.17. The van der Waals surface area contributed by atoms with Crippen molar-refractivity contribution in [2.24, 2.45) is 0 Å². The van der Waals surface area contributed by atoms with Crippen molar-refractivity contribution < 1.29 is 13.5 Å². The number of hydrogen-bond acceptors (Lipinski definition) is 5. The lowest BCUT2D eigenvalue weighted by molar-refractivity contribution is 0.438. The molecule has 0 spiro atoms. The zero-order valence-electron chi connectivity index (χ0n) is 22.4. The van der Waals surface area contributed by atoms with Crippen LogP contribution in [-0.2, 0) is 20.7 Å². The summed E-state index contributed by atoms with van der Waals surface area (Å²) in [6.45, 7) is 14.7. The van der Waals surface area contributed by atoms with Crippen LogP contribution >= 0.6 is 0 Å². The van der Waals surface area contributed by atoms with Gasteiger partial charge in [-0.2, -0.15) is 0 Å². The Labute approximate surface area is 210 Å². The molecule has 192 valence electrons. The number of nitrogens with zero attached hydrogens (tertiary/aromatic N) is 3. The van der Waals surface area contributed by atoms with Crippen molar-refractivity contribution in [2.75, 3.05) is 5.75 Å². The SMILES string of the molecule is CCCCCCCCS(=O)(=O)c1ccc2nn(-c3cc(C(C)(C)C)cc(C(C)(C)C)c3O)nc2c1. The molecule has 0 saturated heterocycles. The number of unbranched alkanes of at least 4 members (excludes halogenated alkanes) is 5. The fourth-order valence-electron chi connectivity index (χ4n) is 4.16. The van der Waals surface area contributed by atoms with E-state index >= 15 is 0 Å². The van der Waals surface area contributed by atoms with Crippen LogP contribution in [0.2, 0.25) is 0 Å². The molecule has 0 aliphatic carbocycles. The number of hydrogen-bond donors (Lipinski definition) is 1. The standard InChI is InChI=1S/C28H41N3O3S/c1-8-9-10-11-12-13-16-35(33,34)21-14-15-23-24(19-21)30-31(29-23)25-18-20(27(2,3)4)17-22(26(25)32)28(5,6)7/h14-15,17-19,32H,8-13,16H2,1-7H3. The molecule has 1 aromatic heterocycles. The van der Waals surface area contributed by atoms with Crippen LogP contribution in [0.5, 0.6) is 5.75 Å². The second kappa shape index (κ2) is 10.3. The molecule has 2 aromatic carbocycles. The van der Waals surface area contributed by atoms with E-state index in [0.717, 1.165) is 30.4 Å². The second-order valence-corrected chi connectivity index (χ2v) is 13.7. The monoisotopic (exact) mass is 499 g/mol. The van der Waals surface area contributed by atoms with Crippen molar-refractivity contribution in [1.82, 2.24) is 15.0 Å². The Morgan fingerprint density at radius 1 is 0.829 bits per heavy atom. The molecule has 3 aromatic rings. The van der Waals surface area contributed by atoms with E-state index in [9.17, 15) is 13.5 Å². The van der Waals surface area contributed by atoms with Gasteiger partial charge in [-0.05, 0) is 47.1 Å². The van der Waals surface area contributed by atoms with Gasteiger partial charge in [0.1, 0.15) is 22.5 Å². The first-order valence-corrected chi connectivity index (χ1v) is 14.4. The highest BCUT2D eigenvalue weighted by Crippen LogP contribution is 2.39. The van der Waals surface area contributed by atoms with E-state index in [2.05, 4.69) is 64.7 Å². The van der Waals surface area contributed by atoms with Gasteiger partial charge in [0.05, 0.1) is 10.6 Å². The largest absolute Gasteiger partial charge is 0.505 e. The van der Waals surface area contributed by atoms with E-state index in [1.807, 2.05) is 6.07 Å². The number of aromatic hydroxyl groups is 1. The Hall–Kier alpha value is -2.41. The molecular formula is C28H41N3O3S. The normalized spacial score (nSPS) is 13.0. The fraction of sp³-hybridized carbons (Fsp3) is 0.571. The van der Waals surface area contributed by atoms with Crippen LogP contribution < -0.4 is 0 Å². The number of phenols is 1. The Morgan fingerprint density at radius 3 is 2.09 bits per heavy atom. The van der Waals surface area contributed by atoms with Gasteiger partial charge in [0, 0.05) is 5.56 Å². The van der Waals surface area contributed by atoms with Crippen LogP contribution in [0.25, 0.3) is 16.7 Å². The van der Waals surface area contributed by atoms with E-state index in [-0.39, 0.29) is 27.2 Å². The van der Waals surface area contributed by atoms with Gasteiger partial charge in [0.25, 0.3) is 0 Å². The Balaban J connectivity index is 1.95. The molecule has 7 heteroatoms. The summed E-state index contributed by atoms with van der Waals surface area (Å²) in [6.07, 6.45) is 6.20. The van der Waals surface area contributed by atoms with Gasteiger partial charge in [-0.3, -0.25) is 0 Å². The number of phenolic OH excluding ortho intramolecular Hbond substituents is 1. The van der Waals surface area contributed by atoms with Crippen LogP contribution in [-0.4, -0.2) is 34.3 Å². The van der Waals surface area contributed by atoms with Crippen LogP contribution in [0.3, 0.4) is 0 Å². The molecular weight excluding hydrogens is 458 g/mol. The van der Waals surface area contributed by atoms with Crippen LogP contribution in [0.1, 0.15) is 98.1 Å². The number of aromatic nitrogens is 3. The van der Waals surface area contributed by atoms with E-state index in [4.69, 9.17) is 0 Å². The average molecular weight is 500 g/mol. The van der Waals surface area contributed by atoms with Gasteiger partial charge >= 0.3 is 0 Å². The van der Waals surface area contributed by atoms with E-state index in [1.54, 1.807) is 18.2 Å². The summed E-state index contributed by atoms with van der Waals surface area (Å²) < 4.78 is 25.8. The van der Waals surface area contributed by atoms with Crippen molar-refractivity contribution in [1.29, 1.82) is 0 Å². The summed E-state index contributed by atoms with van der Waals surface area (Å²) >= 11 is 0. The first-order valence-electron chi connectivity index (χ1n) is 12.7. The van der Waals surface area contributed by atoms with Gasteiger partial charge in [0.15, 0.2) is 9.84 Å². The molecule has 0 atom stereocenters. The fourth-order valence-corrected chi connectivity index (χ4v) is 5.55. The molecule has 0 unspecified atom stereocenters. The summed E-state index contributed by atoms with van der Waals surface area (Å²) in [5, 5.41) is 20.3. The maximum absolute atomic E-state index is 12.9. The molecule has 0 aliphatic rings. The van der Waals surface area contributed by atoms with Gasteiger partial charge in [0.2, 0.25) is 0 Å². The number of rotatable bonds is 9. The quantitative estimate of drug-likeness (QED) is 0.325. The highest BCUT2D eigenvalue weighted by molar-refractivity contribution is 7.91. The van der Waals surface area contributed by atoms with Crippen molar-refractivity contribution in [3.8, 4) is 11.4 Å². The molecule has 0 bridgehead atoms. The van der Waals surface area contributed by atoms with Crippen molar-refractivity contribution >= 4 is 20.9 Å². The Morgan fingerprint density at radius 2 is 1.46 bits per heavy atom. The first-order chi connectivity index (χ1) is 16.2. The smallest absolute Gasteiger partial charge is 0.178 e. The van der Waals surface area contributed by atoms with Crippen LogP contribution in [0.4, 0.5) is 0 Å². The van der Waals surface area contributed by atoms with E-state index < -0.39 is 9.84 Å². The molecule has 0 aliphatic heterocycles. The highest BCUT2D eigenvalue weighted by Gasteiger charge is 2.26. The van der Waals surface area contributed by atoms with E-state index in [1.165, 1.54) is 17.6 Å². The summed E-state index contributed by atoms with van der Waals surface area (Å²) in [6, 6.07) is 8.87. The zero-order chi connectivity index (χ0) is 26.0. The summed E-state index contributed by atoms with van der Waals surface area (Å²) in [7, 11) is -3.39. The molecule has 0 fully saturated rings. The van der Waals surface area contributed by atoms with Crippen LogP contribution in [0.15, 0.2) is 35.2 Å². The van der Waals surface area contributed by atoms with Gasteiger partial charge in [-0.1, -0.05) is 86.6 Å². The van der Waals surface area contributed by atoms with Gasteiger partial charge in [-0.25, -0.2) is 8.42 Å². The van der Waals surface area contributed by atoms with Gasteiger partial charge in [-0.15, -0.1) is 15.0 Å². The number of fused-ring (bicyclic) bond motifs is 1. The minimum Gasteiger partial charge on any atom is -0.505 e. The Bertz CT molecular complexity index is 1280. The lowest BCUT2D eigenvalue weighted by Crippen LogP contribution is -2.18. The predicted molar refractivity (Wildman–Crippen MR) is 143 cm³/mol. The maximum atomic E-state index is 12.9. The molecule has 3 rings (SSSR count). The topological polar surface area (TPSA) is 85.1 Å².